The SMILES string of the molecule is CCNc1ncnc(SC2CCOC2C)c1C. The third kappa shape index (κ3) is 2.90. The molecule has 0 bridgehead atoms. The highest BCUT2D eigenvalue weighted by Gasteiger charge is 2.26. The largest absolute Gasteiger partial charge is 0.377 e. The van der Waals surface area contributed by atoms with E-state index in [9.17, 15) is 0 Å². The Kier molecular flexibility index (Phi) is 4.23. The number of nitrogens with one attached hydrogen (secondary N) is 1. The van der Waals surface area contributed by atoms with Gasteiger partial charge in [0.2, 0.25) is 0 Å². The number of rotatable bonds is 4. The van der Waals surface area contributed by atoms with Crippen LogP contribution in [0.15, 0.2) is 11.4 Å². The number of thioether (sulfide) groups is 1. The lowest BCUT2D eigenvalue weighted by atomic mass is 10.3. The molecule has 0 amide bonds. The Morgan fingerprint density at radius 1 is 1.53 bits per heavy atom. The maximum Gasteiger partial charge on any atom is 0.133 e. The second-order valence-corrected chi connectivity index (χ2v) is 5.43. The van der Waals surface area contributed by atoms with Crippen LogP contribution < -0.4 is 5.32 Å². The molecule has 1 N–H and O–H groups in total. The Labute approximate surface area is 107 Å². The van der Waals surface area contributed by atoms with Gasteiger partial charge >= 0.3 is 0 Å². The number of hydrogen-bond donors (Lipinski definition) is 1. The summed E-state index contributed by atoms with van der Waals surface area (Å²) in [7, 11) is 0. The lowest BCUT2D eigenvalue weighted by Crippen LogP contribution is -2.14. The Balaban J connectivity index is 2.12. The Morgan fingerprint density at radius 2 is 2.35 bits per heavy atom. The van der Waals surface area contributed by atoms with Gasteiger partial charge in [0.25, 0.3) is 0 Å². The summed E-state index contributed by atoms with van der Waals surface area (Å²) < 4.78 is 5.58. The molecule has 5 heteroatoms. The fourth-order valence-corrected chi connectivity index (χ4v) is 3.06. The van der Waals surface area contributed by atoms with Crippen molar-refractivity contribution < 1.29 is 4.74 Å². The van der Waals surface area contributed by atoms with Gasteiger partial charge in [0.05, 0.1) is 6.10 Å². The molecule has 0 aliphatic carbocycles. The molecule has 17 heavy (non-hydrogen) atoms. The van der Waals surface area contributed by atoms with E-state index in [2.05, 4.69) is 36.1 Å². The monoisotopic (exact) mass is 253 g/mol. The fourth-order valence-electron chi connectivity index (χ4n) is 1.91. The minimum Gasteiger partial charge on any atom is -0.377 e. The first-order valence-electron chi connectivity index (χ1n) is 6.06. The van der Waals surface area contributed by atoms with Crippen molar-refractivity contribution in [1.29, 1.82) is 0 Å². The van der Waals surface area contributed by atoms with Crippen LogP contribution in [0.3, 0.4) is 0 Å². The summed E-state index contributed by atoms with van der Waals surface area (Å²) in [4.78, 5) is 8.63. The maximum atomic E-state index is 5.58. The molecule has 0 saturated carbocycles. The van der Waals surface area contributed by atoms with Gasteiger partial charge < -0.3 is 10.1 Å². The summed E-state index contributed by atoms with van der Waals surface area (Å²) in [5.41, 5.74) is 1.14. The molecule has 1 saturated heterocycles. The smallest absolute Gasteiger partial charge is 0.133 e. The Morgan fingerprint density at radius 3 is 3.00 bits per heavy atom. The van der Waals surface area contributed by atoms with Crippen molar-refractivity contribution in [2.24, 2.45) is 0 Å². The summed E-state index contributed by atoms with van der Waals surface area (Å²) in [6.07, 6.45) is 3.05. The minimum atomic E-state index is 0.317. The molecule has 1 aromatic rings. The van der Waals surface area contributed by atoms with E-state index in [1.165, 1.54) is 0 Å². The van der Waals surface area contributed by atoms with Crippen LogP contribution in [0.25, 0.3) is 0 Å². The highest BCUT2D eigenvalue weighted by atomic mass is 32.2. The van der Waals surface area contributed by atoms with Crippen molar-refractivity contribution in [2.75, 3.05) is 18.5 Å². The summed E-state index contributed by atoms with van der Waals surface area (Å²) in [6, 6.07) is 0. The van der Waals surface area contributed by atoms with E-state index in [0.29, 0.717) is 11.4 Å². The average Bonchev–Trinajstić information content (AvgIpc) is 2.70. The predicted octanol–water partition coefficient (Wildman–Crippen LogP) is 2.49. The highest BCUT2D eigenvalue weighted by molar-refractivity contribution is 8.00. The van der Waals surface area contributed by atoms with E-state index in [-0.39, 0.29) is 0 Å². The van der Waals surface area contributed by atoms with Crippen LogP contribution in [0.1, 0.15) is 25.8 Å². The van der Waals surface area contributed by atoms with Gasteiger partial charge in [0, 0.05) is 24.0 Å². The number of aromatic nitrogens is 2. The lowest BCUT2D eigenvalue weighted by Gasteiger charge is -2.15. The first-order valence-corrected chi connectivity index (χ1v) is 6.94. The second-order valence-electron chi connectivity index (χ2n) is 4.20. The Hall–Kier alpha value is -0.810. The molecule has 4 nitrogen and oxygen atoms in total. The highest BCUT2D eigenvalue weighted by Crippen LogP contribution is 2.34. The van der Waals surface area contributed by atoms with Gasteiger partial charge in [0.15, 0.2) is 0 Å². The second kappa shape index (κ2) is 5.69. The Bertz CT molecular complexity index is 386. The fraction of sp³-hybridized carbons (Fsp3) is 0.667. The molecule has 2 heterocycles. The van der Waals surface area contributed by atoms with Crippen LogP contribution in [0.4, 0.5) is 5.82 Å². The van der Waals surface area contributed by atoms with Gasteiger partial charge in [-0.25, -0.2) is 9.97 Å². The molecule has 2 unspecified atom stereocenters. The van der Waals surface area contributed by atoms with E-state index < -0.39 is 0 Å². The number of nitrogens with zero attached hydrogens (tertiary/aromatic N) is 2. The molecular formula is C12H19N3OS. The number of anilines is 1. The van der Waals surface area contributed by atoms with E-state index >= 15 is 0 Å². The lowest BCUT2D eigenvalue weighted by molar-refractivity contribution is 0.127. The van der Waals surface area contributed by atoms with Crippen molar-refractivity contribution in [1.82, 2.24) is 9.97 Å². The number of ether oxygens (including phenoxy) is 1. The molecule has 94 valence electrons. The molecule has 1 aliphatic rings. The molecular weight excluding hydrogens is 234 g/mol. The van der Waals surface area contributed by atoms with Gasteiger partial charge in [-0.1, -0.05) is 11.8 Å². The quantitative estimate of drug-likeness (QED) is 0.835. The molecule has 1 aromatic heterocycles. The van der Waals surface area contributed by atoms with E-state index in [0.717, 1.165) is 36.0 Å². The summed E-state index contributed by atoms with van der Waals surface area (Å²) in [5, 5.41) is 4.84. The van der Waals surface area contributed by atoms with Crippen LogP contribution >= 0.6 is 11.8 Å². The molecule has 2 rings (SSSR count). The van der Waals surface area contributed by atoms with Crippen molar-refractivity contribution >= 4 is 17.6 Å². The normalized spacial score (nSPS) is 23.9. The van der Waals surface area contributed by atoms with Crippen LogP contribution in [0.5, 0.6) is 0 Å². The first-order chi connectivity index (χ1) is 8.22. The summed E-state index contributed by atoms with van der Waals surface area (Å²) >= 11 is 1.81. The zero-order valence-corrected chi connectivity index (χ0v) is 11.4. The van der Waals surface area contributed by atoms with Crippen LogP contribution in [0, 0.1) is 6.92 Å². The van der Waals surface area contributed by atoms with Crippen LogP contribution in [0.2, 0.25) is 0 Å². The number of hydrogen-bond acceptors (Lipinski definition) is 5. The van der Waals surface area contributed by atoms with Crippen LogP contribution in [-0.4, -0.2) is 34.5 Å². The average molecular weight is 253 g/mol. The molecule has 0 aromatic carbocycles. The third-order valence-electron chi connectivity index (χ3n) is 2.95. The van der Waals surface area contributed by atoms with Gasteiger partial charge in [-0.15, -0.1) is 0 Å². The van der Waals surface area contributed by atoms with Crippen molar-refractivity contribution in [3.63, 3.8) is 0 Å². The zero-order valence-electron chi connectivity index (χ0n) is 10.6. The molecule has 0 radical (unpaired) electrons. The first kappa shape index (κ1) is 12.6. The van der Waals surface area contributed by atoms with Crippen LogP contribution in [-0.2, 0) is 4.74 Å². The predicted molar refractivity (Wildman–Crippen MR) is 70.6 cm³/mol. The van der Waals surface area contributed by atoms with E-state index in [1.807, 2.05) is 11.8 Å². The molecule has 2 atom stereocenters. The summed E-state index contributed by atoms with van der Waals surface area (Å²) in [6.45, 7) is 8.02. The van der Waals surface area contributed by atoms with Crippen molar-refractivity contribution in [2.45, 2.75) is 43.6 Å². The third-order valence-corrected chi connectivity index (χ3v) is 4.51. The van der Waals surface area contributed by atoms with Gasteiger partial charge in [0.1, 0.15) is 17.2 Å². The topological polar surface area (TPSA) is 47.0 Å². The van der Waals surface area contributed by atoms with E-state index in [4.69, 9.17) is 4.74 Å². The molecule has 1 aliphatic heterocycles. The maximum absolute atomic E-state index is 5.58. The minimum absolute atomic E-state index is 0.317. The summed E-state index contributed by atoms with van der Waals surface area (Å²) in [5.74, 6) is 0.941. The molecule has 0 spiro atoms. The van der Waals surface area contributed by atoms with Gasteiger partial charge in [-0.3, -0.25) is 0 Å². The van der Waals surface area contributed by atoms with Crippen molar-refractivity contribution in [3.8, 4) is 0 Å². The van der Waals surface area contributed by atoms with E-state index in [1.54, 1.807) is 6.33 Å². The zero-order chi connectivity index (χ0) is 12.3. The standard InChI is InChI=1S/C12H19N3OS/c1-4-13-11-8(2)12(15-7-14-11)17-10-5-6-16-9(10)3/h7,9-10H,4-6H2,1-3H3,(H,13,14,15). The molecule has 1 fully saturated rings. The van der Waals surface area contributed by atoms with Gasteiger partial charge in [-0.2, -0.15) is 0 Å². The van der Waals surface area contributed by atoms with Gasteiger partial charge in [-0.05, 0) is 27.2 Å². The van der Waals surface area contributed by atoms with Crippen molar-refractivity contribution in [3.05, 3.63) is 11.9 Å².